The molecule has 2 bridgehead atoms. The van der Waals surface area contributed by atoms with Crippen LogP contribution in [0.1, 0.15) is 18.4 Å². The number of non-ortho nitro benzene ring substituents is 1. The Hall–Kier alpha value is -2.83. The van der Waals surface area contributed by atoms with Crippen LogP contribution in [0.4, 0.5) is 5.69 Å². The van der Waals surface area contributed by atoms with Crippen LogP contribution in [-0.4, -0.2) is 28.0 Å². The van der Waals surface area contributed by atoms with Crippen LogP contribution in [-0.2, 0) is 9.59 Å². The van der Waals surface area contributed by atoms with E-state index < -0.39 is 4.92 Å². The fraction of sp³-hybridized carbons (Fsp3) is 0.389. The number of rotatable bonds is 3. The molecule has 0 unspecified atom stereocenters. The van der Waals surface area contributed by atoms with E-state index in [9.17, 15) is 19.7 Å². The second kappa shape index (κ2) is 4.62. The molecule has 5 rings (SSSR count). The van der Waals surface area contributed by atoms with Gasteiger partial charge in [0.2, 0.25) is 0 Å². The highest BCUT2D eigenvalue weighted by Gasteiger charge is 2.73. The zero-order valence-corrected chi connectivity index (χ0v) is 13.2. The molecule has 1 saturated heterocycles. The number of hydrazone groups is 1. The molecule has 2 saturated carbocycles. The van der Waals surface area contributed by atoms with E-state index in [-0.39, 0.29) is 46.6 Å². The van der Waals surface area contributed by atoms with E-state index in [4.69, 9.17) is 0 Å². The smallest absolute Gasteiger partial charge is 0.269 e. The Morgan fingerprint density at radius 1 is 1.08 bits per heavy atom. The maximum absolute atomic E-state index is 12.7. The molecule has 1 aliphatic heterocycles. The second-order valence-electron chi connectivity index (χ2n) is 7.30. The van der Waals surface area contributed by atoms with Gasteiger partial charge in [0.15, 0.2) is 0 Å². The van der Waals surface area contributed by atoms with Gasteiger partial charge in [-0.2, -0.15) is 10.1 Å². The summed E-state index contributed by atoms with van der Waals surface area (Å²) in [6.07, 6.45) is 7.85. The molecule has 3 fully saturated rings. The summed E-state index contributed by atoms with van der Waals surface area (Å²) in [7, 11) is 0. The number of carbonyl (C=O) groups excluding carboxylic acids is 2. The maximum Gasteiger partial charge on any atom is 0.269 e. The standard InChI is InChI=1S/C18H15N3O4/c22-16-14-12-5-6-13(18(12)7-8-18)15(14)17(23)20(16)19-9-10-1-3-11(4-2-10)21(24)25/h1-6,9,12-15H,7-8H2/b19-9-/t12-,13-,14-,15-/m0/s1. The van der Waals surface area contributed by atoms with Crippen molar-refractivity contribution < 1.29 is 14.5 Å². The first-order valence-electron chi connectivity index (χ1n) is 8.37. The largest absolute Gasteiger partial charge is 0.272 e. The summed E-state index contributed by atoms with van der Waals surface area (Å²) in [5, 5.41) is 15.8. The number of nitro benzene ring substituents is 1. The van der Waals surface area contributed by atoms with Gasteiger partial charge in [-0.25, -0.2) is 0 Å². The van der Waals surface area contributed by atoms with Gasteiger partial charge in [0.1, 0.15) is 0 Å². The van der Waals surface area contributed by atoms with Crippen LogP contribution in [0.3, 0.4) is 0 Å². The zero-order chi connectivity index (χ0) is 17.3. The third-order valence-corrected chi connectivity index (χ3v) is 6.26. The average Bonchev–Trinajstić information content (AvgIpc) is 3.20. The fourth-order valence-electron chi connectivity index (χ4n) is 4.98. The predicted octanol–water partition coefficient (Wildman–Crippen LogP) is 2.13. The van der Waals surface area contributed by atoms with Crippen molar-refractivity contribution >= 4 is 23.7 Å². The molecule has 7 heteroatoms. The Balaban J connectivity index is 1.39. The number of imide groups is 1. The second-order valence-corrected chi connectivity index (χ2v) is 7.30. The molecule has 4 atom stereocenters. The van der Waals surface area contributed by atoms with Crippen molar-refractivity contribution in [2.75, 3.05) is 0 Å². The zero-order valence-electron chi connectivity index (χ0n) is 13.2. The van der Waals surface area contributed by atoms with Crippen molar-refractivity contribution in [3.8, 4) is 0 Å². The Kier molecular flexibility index (Phi) is 2.68. The number of allylic oxidation sites excluding steroid dienone is 2. The van der Waals surface area contributed by atoms with Crippen LogP contribution >= 0.6 is 0 Å². The normalized spacial score (nSPS) is 33.7. The number of fused-ring (bicyclic) bond motifs is 3. The van der Waals surface area contributed by atoms with E-state index >= 15 is 0 Å². The summed E-state index contributed by atoms with van der Waals surface area (Å²) in [5.41, 5.74) is 0.759. The molecule has 2 amide bonds. The molecule has 4 aliphatic rings. The van der Waals surface area contributed by atoms with Crippen LogP contribution in [0, 0.1) is 39.2 Å². The number of hydrogen-bond acceptors (Lipinski definition) is 5. The van der Waals surface area contributed by atoms with Crippen LogP contribution in [0.2, 0.25) is 0 Å². The van der Waals surface area contributed by atoms with Gasteiger partial charge in [-0.05, 0) is 47.8 Å². The molecule has 1 aromatic rings. The van der Waals surface area contributed by atoms with Gasteiger partial charge in [-0.3, -0.25) is 19.7 Å². The third kappa shape index (κ3) is 1.78. The van der Waals surface area contributed by atoms with Crippen LogP contribution in [0.25, 0.3) is 0 Å². The van der Waals surface area contributed by atoms with Gasteiger partial charge in [-0.15, -0.1) is 0 Å². The van der Waals surface area contributed by atoms with Gasteiger partial charge in [0, 0.05) is 12.1 Å². The van der Waals surface area contributed by atoms with Crippen molar-refractivity contribution in [1.82, 2.24) is 5.01 Å². The first kappa shape index (κ1) is 14.5. The Morgan fingerprint density at radius 3 is 2.12 bits per heavy atom. The molecule has 1 heterocycles. The van der Waals surface area contributed by atoms with E-state index in [1.165, 1.54) is 30.5 Å². The van der Waals surface area contributed by atoms with Crippen LogP contribution in [0.5, 0.6) is 0 Å². The highest BCUT2D eigenvalue weighted by molar-refractivity contribution is 6.07. The first-order valence-corrected chi connectivity index (χ1v) is 8.37. The maximum atomic E-state index is 12.7. The summed E-state index contributed by atoms with van der Waals surface area (Å²) in [6, 6.07) is 5.81. The molecule has 7 nitrogen and oxygen atoms in total. The van der Waals surface area contributed by atoms with Gasteiger partial charge in [-0.1, -0.05) is 12.2 Å². The van der Waals surface area contributed by atoms with E-state index in [1.807, 2.05) is 0 Å². The van der Waals surface area contributed by atoms with Crippen LogP contribution in [0.15, 0.2) is 41.5 Å². The van der Waals surface area contributed by atoms with Crippen molar-refractivity contribution in [1.29, 1.82) is 0 Å². The number of amides is 2. The fourth-order valence-corrected chi connectivity index (χ4v) is 4.98. The average molecular weight is 337 g/mol. The Labute approximate surface area is 143 Å². The minimum atomic E-state index is -0.480. The minimum Gasteiger partial charge on any atom is -0.272 e. The predicted molar refractivity (Wildman–Crippen MR) is 87.3 cm³/mol. The highest BCUT2D eigenvalue weighted by atomic mass is 16.6. The Morgan fingerprint density at radius 2 is 1.64 bits per heavy atom. The molecule has 126 valence electrons. The van der Waals surface area contributed by atoms with E-state index in [0.29, 0.717) is 5.56 Å². The van der Waals surface area contributed by atoms with Crippen molar-refractivity contribution in [2.24, 2.45) is 34.2 Å². The van der Waals surface area contributed by atoms with E-state index in [0.717, 1.165) is 17.9 Å². The van der Waals surface area contributed by atoms with Gasteiger partial charge in [0.25, 0.3) is 17.5 Å². The highest BCUT2D eigenvalue weighted by Crippen LogP contribution is 2.73. The quantitative estimate of drug-likeness (QED) is 0.278. The lowest BCUT2D eigenvalue weighted by Gasteiger charge is -2.18. The molecular weight excluding hydrogens is 322 g/mol. The number of carbonyl (C=O) groups is 2. The SMILES string of the molecule is O=C1[C@@H]2[C@@H](C(=O)N1/N=C\c1ccc([N+](=O)[O-])cc1)[C@@H]1C=C[C@@H]2C12CC2. The molecule has 3 aliphatic carbocycles. The Bertz CT molecular complexity index is 835. The lowest BCUT2D eigenvalue weighted by molar-refractivity contribution is -0.384. The van der Waals surface area contributed by atoms with Gasteiger partial charge < -0.3 is 0 Å². The van der Waals surface area contributed by atoms with Crippen molar-refractivity contribution in [3.63, 3.8) is 0 Å². The summed E-state index contributed by atoms with van der Waals surface area (Å²) in [4.78, 5) is 35.7. The lowest BCUT2D eigenvalue weighted by Crippen LogP contribution is -2.30. The number of nitro groups is 1. The van der Waals surface area contributed by atoms with Crippen molar-refractivity contribution in [3.05, 3.63) is 52.1 Å². The topological polar surface area (TPSA) is 92.9 Å². The number of nitrogens with zero attached hydrogens (tertiary/aromatic N) is 3. The molecular formula is C18H15N3O4. The third-order valence-electron chi connectivity index (χ3n) is 6.26. The van der Waals surface area contributed by atoms with Gasteiger partial charge in [0.05, 0.1) is 23.0 Å². The minimum absolute atomic E-state index is 0.0163. The number of hydrogen-bond donors (Lipinski definition) is 0. The summed E-state index contributed by atoms with van der Waals surface area (Å²) in [5.74, 6) is -0.595. The molecule has 0 aromatic heterocycles. The monoisotopic (exact) mass is 337 g/mol. The molecule has 0 radical (unpaired) electrons. The first-order chi connectivity index (χ1) is 12.0. The van der Waals surface area contributed by atoms with Crippen LogP contribution < -0.4 is 0 Å². The van der Waals surface area contributed by atoms with Crippen molar-refractivity contribution in [2.45, 2.75) is 12.8 Å². The molecule has 25 heavy (non-hydrogen) atoms. The molecule has 0 N–H and O–H groups in total. The van der Waals surface area contributed by atoms with Gasteiger partial charge >= 0.3 is 0 Å². The van der Waals surface area contributed by atoms with E-state index in [2.05, 4.69) is 17.3 Å². The molecule has 1 spiro atoms. The summed E-state index contributed by atoms with van der Waals surface area (Å²) >= 11 is 0. The lowest BCUT2D eigenvalue weighted by atomic mass is 9.85. The molecule has 1 aromatic carbocycles. The summed E-state index contributed by atoms with van der Waals surface area (Å²) in [6.45, 7) is 0. The van der Waals surface area contributed by atoms with E-state index in [1.54, 1.807) is 0 Å². The summed E-state index contributed by atoms with van der Waals surface area (Å²) < 4.78 is 0. The number of benzene rings is 1.